The van der Waals surface area contributed by atoms with Crippen LogP contribution in [0.1, 0.15) is 25.8 Å². The van der Waals surface area contributed by atoms with Gasteiger partial charge in [-0.25, -0.2) is 12.4 Å². The van der Waals surface area contributed by atoms with Gasteiger partial charge < -0.3 is 5.11 Å². The fraction of sp³-hybridized carbons (Fsp3) is 0.222. The van der Waals surface area contributed by atoms with Crippen molar-refractivity contribution in [3.05, 3.63) is 66.4 Å². The lowest BCUT2D eigenvalue weighted by atomic mass is 9.93. The zero-order valence-electron chi connectivity index (χ0n) is 13.1. The number of nitrogens with zero attached hydrogens (tertiary/aromatic N) is 1. The van der Waals surface area contributed by atoms with Crippen LogP contribution >= 0.6 is 0 Å². The molecule has 1 heterocycles. The van der Waals surface area contributed by atoms with Crippen LogP contribution in [0, 0.1) is 0 Å². The summed E-state index contributed by atoms with van der Waals surface area (Å²) in [6.07, 6.45) is 2.03. The second kappa shape index (κ2) is 5.51. The van der Waals surface area contributed by atoms with Gasteiger partial charge in [-0.2, -0.15) is 0 Å². The summed E-state index contributed by atoms with van der Waals surface area (Å²) in [5.41, 5.74) is 0.104. The summed E-state index contributed by atoms with van der Waals surface area (Å²) in [7, 11) is -3.71. The van der Waals surface area contributed by atoms with Gasteiger partial charge >= 0.3 is 0 Å². The third kappa shape index (κ3) is 2.56. The molecule has 1 unspecified atom stereocenters. The normalized spacial score (nSPS) is 14.7. The summed E-state index contributed by atoms with van der Waals surface area (Å²) in [5, 5.41) is 11.4. The molecule has 0 amide bonds. The molecule has 1 N–H and O–H groups in total. The summed E-state index contributed by atoms with van der Waals surface area (Å²) in [6, 6.07) is 15.5. The predicted molar refractivity (Wildman–Crippen MR) is 90.8 cm³/mol. The molecule has 3 rings (SSSR count). The molecule has 5 heteroatoms. The number of aromatic nitrogens is 1. The Morgan fingerprint density at radius 2 is 1.65 bits per heavy atom. The van der Waals surface area contributed by atoms with Crippen molar-refractivity contribution in [1.82, 2.24) is 3.97 Å². The molecule has 0 radical (unpaired) electrons. The van der Waals surface area contributed by atoms with Gasteiger partial charge in [-0.1, -0.05) is 43.3 Å². The number of aliphatic hydroxyl groups is 1. The van der Waals surface area contributed by atoms with Gasteiger partial charge in [0.05, 0.1) is 16.0 Å². The maximum absolute atomic E-state index is 13.0. The third-order valence-electron chi connectivity index (χ3n) is 4.25. The Bertz CT molecular complexity index is 941. The number of benzene rings is 2. The van der Waals surface area contributed by atoms with Crippen molar-refractivity contribution in [1.29, 1.82) is 0 Å². The number of fused-ring (bicyclic) bond motifs is 1. The van der Waals surface area contributed by atoms with Gasteiger partial charge in [0, 0.05) is 17.1 Å². The van der Waals surface area contributed by atoms with E-state index in [1.807, 2.05) is 19.1 Å². The number of para-hydroxylation sites is 1. The second-order valence-corrected chi connectivity index (χ2v) is 7.62. The molecular formula is C18H19NO3S. The van der Waals surface area contributed by atoms with Crippen LogP contribution < -0.4 is 0 Å². The highest BCUT2D eigenvalue weighted by Crippen LogP contribution is 2.34. The van der Waals surface area contributed by atoms with Crippen molar-refractivity contribution in [3.63, 3.8) is 0 Å². The Morgan fingerprint density at radius 3 is 2.30 bits per heavy atom. The number of rotatable bonds is 4. The number of hydrogen-bond donors (Lipinski definition) is 1. The molecule has 0 saturated carbocycles. The highest BCUT2D eigenvalue weighted by atomic mass is 32.2. The van der Waals surface area contributed by atoms with Crippen molar-refractivity contribution >= 4 is 20.9 Å². The Hall–Kier alpha value is -2.11. The Kier molecular flexibility index (Phi) is 3.78. The van der Waals surface area contributed by atoms with Gasteiger partial charge in [0.1, 0.15) is 0 Å². The molecule has 0 aliphatic heterocycles. The average Bonchev–Trinajstić information content (AvgIpc) is 2.97. The maximum atomic E-state index is 13.0. The second-order valence-electron chi connectivity index (χ2n) is 5.80. The first-order valence-corrected chi connectivity index (χ1v) is 8.95. The van der Waals surface area contributed by atoms with Crippen LogP contribution in [0.2, 0.25) is 0 Å². The minimum absolute atomic E-state index is 0.225. The first kappa shape index (κ1) is 15.8. The van der Waals surface area contributed by atoms with E-state index in [4.69, 9.17) is 0 Å². The highest BCUT2D eigenvalue weighted by Gasteiger charge is 2.28. The van der Waals surface area contributed by atoms with E-state index in [-0.39, 0.29) is 4.90 Å². The lowest BCUT2D eigenvalue weighted by Gasteiger charge is -2.20. The molecule has 1 atom stereocenters. The molecule has 23 heavy (non-hydrogen) atoms. The molecule has 0 fully saturated rings. The van der Waals surface area contributed by atoms with Crippen LogP contribution in [0.4, 0.5) is 0 Å². The van der Waals surface area contributed by atoms with Crippen molar-refractivity contribution < 1.29 is 13.5 Å². The van der Waals surface area contributed by atoms with Gasteiger partial charge in [0.25, 0.3) is 10.0 Å². The van der Waals surface area contributed by atoms with E-state index >= 15 is 0 Å². The molecule has 3 aromatic rings. The van der Waals surface area contributed by atoms with E-state index in [2.05, 4.69) is 0 Å². The molecule has 2 aromatic carbocycles. The van der Waals surface area contributed by atoms with Gasteiger partial charge in [0.15, 0.2) is 0 Å². The minimum Gasteiger partial charge on any atom is -0.385 e. The maximum Gasteiger partial charge on any atom is 0.268 e. The van der Waals surface area contributed by atoms with E-state index in [1.54, 1.807) is 49.4 Å². The lowest BCUT2D eigenvalue weighted by molar-refractivity contribution is 0.0546. The van der Waals surface area contributed by atoms with Crippen molar-refractivity contribution in [2.24, 2.45) is 0 Å². The molecule has 1 aromatic heterocycles. The molecule has 0 saturated heterocycles. The SMILES string of the molecule is CCC(C)(O)c1cn(S(=O)(=O)c2ccccc2)c2ccccc12. The average molecular weight is 329 g/mol. The topological polar surface area (TPSA) is 59.3 Å². The van der Waals surface area contributed by atoms with Crippen molar-refractivity contribution in [2.45, 2.75) is 30.8 Å². The summed E-state index contributed by atoms with van der Waals surface area (Å²) in [4.78, 5) is 0.225. The fourth-order valence-corrected chi connectivity index (χ4v) is 4.06. The van der Waals surface area contributed by atoms with Gasteiger partial charge in [-0.05, 0) is 31.5 Å². The minimum atomic E-state index is -3.71. The van der Waals surface area contributed by atoms with E-state index in [0.717, 1.165) is 5.39 Å². The smallest absolute Gasteiger partial charge is 0.268 e. The van der Waals surface area contributed by atoms with Gasteiger partial charge in [0.2, 0.25) is 0 Å². The summed E-state index contributed by atoms with van der Waals surface area (Å²) < 4.78 is 27.2. The van der Waals surface area contributed by atoms with Crippen LogP contribution in [-0.2, 0) is 15.6 Å². The van der Waals surface area contributed by atoms with Crippen LogP contribution in [0.25, 0.3) is 10.9 Å². The van der Waals surface area contributed by atoms with Crippen LogP contribution in [0.3, 0.4) is 0 Å². The van der Waals surface area contributed by atoms with Gasteiger partial charge in [-0.15, -0.1) is 0 Å². The van der Waals surface area contributed by atoms with E-state index in [1.165, 1.54) is 10.2 Å². The van der Waals surface area contributed by atoms with Crippen molar-refractivity contribution in [3.8, 4) is 0 Å². The number of hydrogen-bond acceptors (Lipinski definition) is 3. The molecule has 120 valence electrons. The van der Waals surface area contributed by atoms with E-state index in [0.29, 0.717) is 17.5 Å². The molecule has 0 spiro atoms. The van der Waals surface area contributed by atoms with Crippen molar-refractivity contribution in [2.75, 3.05) is 0 Å². The largest absolute Gasteiger partial charge is 0.385 e. The Morgan fingerprint density at radius 1 is 1.04 bits per heavy atom. The van der Waals surface area contributed by atoms with Crippen LogP contribution in [0.5, 0.6) is 0 Å². The zero-order valence-corrected chi connectivity index (χ0v) is 13.9. The fourth-order valence-electron chi connectivity index (χ4n) is 2.67. The Balaban J connectivity index is 2.32. The molecule has 0 aliphatic rings. The van der Waals surface area contributed by atoms with E-state index < -0.39 is 15.6 Å². The molecular weight excluding hydrogens is 310 g/mol. The third-order valence-corrected chi connectivity index (χ3v) is 5.93. The van der Waals surface area contributed by atoms with Crippen LogP contribution in [0.15, 0.2) is 65.7 Å². The van der Waals surface area contributed by atoms with Gasteiger partial charge in [-0.3, -0.25) is 0 Å². The summed E-state index contributed by atoms with van der Waals surface area (Å²) >= 11 is 0. The highest BCUT2D eigenvalue weighted by molar-refractivity contribution is 7.90. The first-order valence-electron chi connectivity index (χ1n) is 7.51. The molecule has 4 nitrogen and oxygen atoms in total. The first-order chi connectivity index (χ1) is 10.9. The predicted octanol–water partition coefficient (Wildman–Crippen LogP) is 3.50. The zero-order chi connectivity index (χ0) is 16.7. The summed E-state index contributed by atoms with van der Waals surface area (Å²) in [6.45, 7) is 3.58. The lowest BCUT2D eigenvalue weighted by Crippen LogP contribution is -2.19. The monoisotopic (exact) mass is 329 g/mol. The molecule has 0 aliphatic carbocycles. The van der Waals surface area contributed by atoms with Crippen LogP contribution in [-0.4, -0.2) is 17.5 Å². The Labute approximate surface area is 136 Å². The summed E-state index contributed by atoms with van der Waals surface area (Å²) in [5.74, 6) is 0. The standard InChI is InChI=1S/C18H19NO3S/c1-3-18(2,20)16-13-19(17-12-8-7-11-15(16)17)23(21,22)14-9-5-4-6-10-14/h4-13,20H,3H2,1-2H3. The quantitative estimate of drug-likeness (QED) is 0.797. The molecule has 0 bridgehead atoms. The van der Waals surface area contributed by atoms with E-state index in [9.17, 15) is 13.5 Å².